The Morgan fingerprint density at radius 3 is 2.85 bits per heavy atom. The fraction of sp³-hybridized carbons (Fsp3) is 0.542. The number of nitrogens with zero attached hydrogens (tertiary/aromatic N) is 3. The molecule has 0 unspecified atom stereocenters. The maximum absolute atomic E-state index is 10.4. The summed E-state index contributed by atoms with van der Waals surface area (Å²) in [5.74, 6) is 2.29. The lowest BCUT2D eigenvalue weighted by atomic mass is 10.00. The van der Waals surface area contributed by atoms with E-state index in [1.54, 1.807) is 7.11 Å². The highest BCUT2D eigenvalue weighted by molar-refractivity contribution is 6.02. The highest BCUT2D eigenvalue weighted by Gasteiger charge is 2.20. The Morgan fingerprint density at radius 1 is 1.21 bits per heavy atom. The van der Waals surface area contributed by atoms with Gasteiger partial charge in [0.05, 0.1) is 37.1 Å². The minimum Gasteiger partial charge on any atom is -0.491 e. The first-order valence-electron chi connectivity index (χ1n) is 11.7. The number of hydrogen-bond acceptors (Lipinski definition) is 7. The van der Waals surface area contributed by atoms with Gasteiger partial charge in [0.25, 0.3) is 0 Å². The number of carbonyl (C=O) groups is 1. The summed E-state index contributed by atoms with van der Waals surface area (Å²) in [4.78, 5) is 19.9. The van der Waals surface area contributed by atoms with Crippen LogP contribution in [-0.2, 0) is 27.2 Å². The van der Waals surface area contributed by atoms with Gasteiger partial charge in [0.2, 0.25) is 0 Å². The fourth-order valence-electron chi connectivity index (χ4n) is 4.25. The van der Waals surface area contributed by atoms with Crippen LogP contribution in [-0.4, -0.2) is 79.0 Å². The Balaban J connectivity index is 1.50. The minimum absolute atomic E-state index is 0.249. The summed E-state index contributed by atoms with van der Waals surface area (Å²) < 4.78 is 24.4. The van der Waals surface area contributed by atoms with Gasteiger partial charge in [-0.25, -0.2) is 9.78 Å². The molecule has 0 atom stereocenters. The molecule has 0 spiro atoms. The maximum Gasteiger partial charge on any atom is 0.404 e. The summed E-state index contributed by atoms with van der Waals surface area (Å²) in [6, 6.07) is 5.91. The van der Waals surface area contributed by atoms with Crippen molar-refractivity contribution in [3.8, 4) is 5.75 Å². The second-order valence-electron chi connectivity index (χ2n) is 8.30. The van der Waals surface area contributed by atoms with Gasteiger partial charge in [0.15, 0.2) is 0 Å². The van der Waals surface area contributed by atoms with Crippen molar-refractivity contribution in [3.63, 3.8) is 0 Å². The van der Waals surface area contributed by atoms with Crippen LogP contribution in [0.25, 0.3) is 21.9 Å². The van der Waals surface area contributed by atoms with Gasteiger partial charge in [-0.05, 0) is 30.9 Å². The summed E-state index contributed by atoms with van der Waals surface area (Å²) in [7, 11) is 1.71. The minimum atomic E-state index is -1.06. The molecule has 3 aromatic rings. The molecular formula is C24H32N4O6. The van der Waals surface area contributed by atoms with E-state index in [2.05, 4.69) is 14.9 Å². The summed E-state index contributed by atoms with van der Waals surface area (Å²) in [6.07, 6.45) is 3.63. The van der Waals surface area contributed by atoms with Gasteiger partial charge in [0.1, 0.15) is 23.7 Å². The van der Waals surface area contributed by atoms with E-state index in [9.17, 15) is 4.79 Å². The van der Waals surface area contributed by atoms with Gasteiger partial charge in [-0.2, -0.15) is 0 Å². The number of rotatable bonds is 12. The van der Waals surface area contributed by atoms with Crippen molar-refractivity contribution in [1.82, 2.24) is 19.9 Å². The van der Waals surface area contributed by atoms with Crippen molar-refractivity contribution in [2.24, 2.45) is 5.92 Å². The zero-order chi connectivity index (χ0) is 23.8. The number of methoxy groups -OCH3 is 1. The Bertz CT molecular complexity index is 1100. The molecule has 1 aromatic carbocycles. The molecule has 1 aliphatic heterocycles. The van der Waals surface area contributed by atoms with Gasteiger partial charge in [0, 0.05) is 51.3 Å². The molecular weight excluding hydrogens is 440 g/mol. The molecule has 0 aliphatic carbocycles. The fourth-order valence-corrected chi connectivity index (χ4v) is 4.25. The zero-order valence-electron chi connectivity index (χ0n) is 19.5. The first-order valence-corrected chi connectivity index (χ1v) is 11.7. The Morgan fingerprint density at radius 2 is 2.06 bits per heavy atom. The lowest BCUT2D eigenvalue weighted by Gasteiger charge is -2.23. The van der Waals surface area contributed by atoms with E-state index in [0.717, 1.165) is 66.8 Å². The van der Waals surface area contributed by atoms with Crippen LogP contribution >= 0.6 is 0 Å². The van der Waals surface area contributed by atoms with E-state index >= 15 is 0 Å². The average molecular weight is 473 g/mol. The monoisotopic (exact) mass is 472 g/mol. The van der Waals surface area contributed by atoms with Crippen molar-refractivity contribution in [3.05, 3.63) is 30.2 Å². The van der Waals surface area contributed by atoms with Crippen LogP contribution < -0.4 is 10.1 Å². The summed E-state index contributed by atoms with van der Waals surface area (Å²) in [5.41, 5.74) is 2.84. The molecule has 1 saturated heterocycles. The predicted molar refractivity (Wildman–Crippen MR) is 126 cm³/mol. The molecule has 34 heavy (non-hydrogen) atoms. The molecule has 1 fully saturated rings. The summed E-state index contributed by atoms with van der Waals surface area (Å²) >= 11 is 0. The van der Waals surface area contributed by atoms with Crippen LogP contribution in [0.3, 0.4) is 0 Å². The number of carboxylic acid groups (broad SMARTS) is 1. The second-order valence-corrected chi connectivity index (χ2v) is 8.30. The number of imidazole rings is 1. The predicted octanol–water partition coefficient (Wildman–Crippen LogP) is 2.86. The molecule has 1 amide bonds. The van der Waals surface area contributed by atoms with Crippen LogP contribution in [0.15, 0.2) is 24.4 Å². The van der Waals surface area contributed by atoms with Crippen molar-refractivity contribution in [2.45, 2.75) is 25.8 Å². The molecule has 0 saturated carbocycles. The molecule has 0 radical (unpaired) electrons. The Kier molecular flexibility index (Phi) is 8.51. The number of hydrogen-bond donors (Lipinski definition) is 2. The number of fused-ring (bicyclic) bond motifs is 3. The van der Waals surface area contributed by atoms with Crippen molar-refractivity contribution in [1.29, 1.82) is 0 Å². The molecule has 3 heterocycles. The molecule has 1 aliphatic rings. The Hall–Kier alpha value is -2.95. The molecule has 2 aromatic heterocycles. The number of amides is 1. The van der Waals surface area contributed by atoms with Crippen molar-refractivity contribution in [2.75, 3.05) is 53.3 Å². The number of benzene rings is 1. The number of ether oxygens (including phenoxy) is 4. The molecule has 4 rings (SSSR count). The maximum atomic E-state index is 10.4. The smallest absolute Gasteiger partial charge is 0.404 e. The average Bonchev–Trinajstić information content (AvgIpc) is 3.20. The number of aromatic nitrogens is 3. The molecule has 10 heteroatoms. The highest BCUT2D eigenvalue weighted by Crippen LogP contribution is 2.30. The molecule has 2 N–H and O–H groups in total. The van der Waals surface area contributed by atoms with E-state index in [1.165, 1.54) is 0 Å². The standard InChI is InChI=1S/C24H32N4O6/c1-31-8-6-22-27-21-15-26-20-14-18(34-13-12-33-11-7-25-24(29)30)2-3-19(20)23(21)28(22)16-17-4-9-32-10-5-17/h2-3,14-15,17,25H,4-13,16H2,1H3,(H,29,30). The van der Waals surface area contributed by atoms with Crippen molar-refractivity contribution >= 4 is 28.0 Å². The van der Waals surface area contributed by atoms with E-state index < -0.39 is 6.09 Å². The third-order valence-electron chi connectivity index (χ3n) is 5.95. The van der Waals surface area contributed by atoms with Crippen LogP contribution in [0.4, 0.5) is 4.79 Å². The highest BCUT2D eigenvalue weighted by atomic mass is 16.5. The molecule has 184 valence electrons. The molecule has 10 nitrogen and oxygen atoms in total. The van der Waals surface area contributed by atoms with E-state index in [4.69, 9.17) is 29.0 Å². The zero-order valence-corrected chi connectivity index (χ0v) is 19.5. The lowest BCUT2D eigenvalue weighted by molar-refractivity contribution is 0.0612. The summed E-state index contributed by atoms with van der Waals surface area (Å²) in [5, 5.41) is 11.8. The molecule has 0 bridgehead atoms. The third kappa shape index (κ3) is 6.13. The van der Waals surface area contributed by atoms with E-state index in [1.807, 2.05) is 24.4 Å². The first-order chi connectivity index (χ1) is 16.7. The van der Waals surface area contributed by atoms with Crippen molar-refractivity contribution < 1.29 is 28.8 Å². The lowest BCUT2D eigenvalue weighted by Crippen LogP contribution is -2.25. The second kappa shape index (κ2) is 12.0. The van der Waals surface area contributed by atoms with Gasteiger partial charge < -0.3 is 33.9 Å². The normalized spacial score (nSPS) is 14.6. The van der Waals surface area contributed by atoms with Crippen LogP contribution in [0.1, 0.15) is 18.7 Å². The van der Waals surface area contributed by atoms with Gasteiger partial charge >= 0.3 is 6.09 Å². The number of nitrogens with one attached hydrogen (secondary N) is 1. The van der Waals surface area contributed by atoms with E-state index in [0.29, 0.717) is 38.1 Å². The van der Waals surface area contributed by atoms with Crippen LogP contribution in [0.2, 0.25) is 0 Å². The number of pyridine rings is 1. The largest absolute Gasteiger partial charge is 0.491 e. The summed E-state index contributed by atoms with van der Waals surface area (Å²) in [6.45, 7) is 4.44. The SMILES string of the molecule is COCCc1nc2cnc3cc(OCCOCCNC(=O)O)ccc3c2n1CC1CCOCC1. The Labute approximate surface area is 198 Å². The van der Waals surface area contributed by atoms with Gasteiger partial charge in [-0.1, -0.05) is 0 Å². The van der Waals surface area contributed by atoms with Crippen LogP contribution in [0.5, 0.6) is 5.75 Å². The topological polar surface area (TPSA) is 117 Å². The quantitative estimate of drug-likeness (QED) is 0.387. The third-order valence-corrected chi connectivity index (χ3v) is 5.95. The van der Waals surface area contributed by atoms with Crippen LogP contribution in [0, 0.1) is 5.92 Å². The van der Waals surface area contributed by atoms with Gasteiger partial charge in [-0.3, -0.25) is 4.98 Å². The van der Waals surface area contributed by atoms with Gasteiger partial charge in [-0.15, -0.1) is 0 Å². The van der Waals surface area contributed by atoms with E-state index in [-0.39, 0.29) is 6.54 Å². The first kappa shape index (κ1) is 24.2.